The molecule has 114 valence electrons. The van der Waals surface area contributed by atoms with Gasteiger partial charge in [0.1, 0.15) is 5.82 Å². The number of hydrogen-bond acceptors (Lipinski definition) is 3. The molecule has 1 aliphatic rings. The molecule has 1 aromatic carbocycles. The van der Waals surface area contributed by atoms with Gasteiger partial charge < -0.3 is 20.9 Å². The van der Waals surface area contributed by atoms with Crippen LogP contribution < -0.4 is 11.1 Å². The second kappa shape index (κ2) is 6.43. The van der Waals surface area contributed by atoms with Gasteiger partial charge in [0.25, 0.3) is 5.91 Å². The summed E-state index contributed by atoms with van der Waals surface area (Å²) in [6.07, 6.45) is 0. The van der Waals surface area contributed by atoms with Crippen molar-refractivity contribution in [1.82, 2.24) is 15.1 Å². The number of rotatable bonds is 2. The van der Waals surface area contributed by atoms with E-state index < -0.39 is 11.7 Å². The number of nitrogens with one attached hydrogen (secondary N) is 1. The van der Waals surface area contributed by atoms with Gasteiger partial charge in [0, 0.05) is 38.4 Å². The number of carbonyl (C=O) groups excluding carboxylic acids is 2. The van der Waals surface area contributed by atoms with Crippen molar-refractivity contribution in [3.8, 4) is 0 Å². The van der Waals surface area contributed by atoms with Crippen LogP contribution in [0.15, 0.2) is 18.2 Å². The van der Waals surface area contributed by atoms with Crippen LogP contribution in [-0.4, -0.2) is 54.5 Å². The first-order chi connectivity index (χ1) is 10.0. The summed E-state index contributed by atoms with van der Waals surface area (Å²) in [7, 11) is 0. The van der Waals surface area contributed by atoms with Crippen LogP contribution in [-0.2, 0) is 0 Å². The van der Waals surface area contributed by atoms with Gasteiger partial charge in [-0.2, -0.15) is 0 Å². The van der Waals surface area contributed by atoms with E-state index in [4.69, 9.17) is 5.73 Å². The van der Waals surface area contributed by atoms with Crippen LogP contribution in [0.25, 0.3) is 0 Å². The lowest BCUT2D eigenvalue weighted by Crippen LogP contribution is -2.53. The quantitative estimate of drug-likeness (QED) is 0.795. The van der Waals surface area contributed by atoms with Gasteiger partial charge >= 0.3 is 6.03 Å². The maximum atomic E-state index is 13.7. The highest BCUT2D eigenvalue weighted by Gasteiger charge is 2.26. The summed E-state index contributed by atoms with van der Waals surface area (Å²) in [6, 6.07) is 3.81. The molecule has 0 bridgehead atoms. The number of amides is 3. The average Bonchev–Trinajstić information content (AvgIpc) is 2.49. The number of anilines is 1. The lowest BCUT2D eigenvalue weighted by Gasteiger charge is -2.34. The number of nitrogens with zero attached hydrogens (tertiary/aromatic N) is 2. The van der Waals surface area contributed by atoms with E-state index in [0.29, 0.717) is 38.4 Å². The SMILES string of the molecule is CCNC(=O)N1CCN(C(=O)c2cc(N)ccc2F)CC1. The van der Waals surface area contributed by atoms with Crippen LogP contribution in [0.5, 0.6) is 0 Å². The Kier molecular flexibility index (Phi) is 4.62. The minimum absolute atomic E-state index is 0.0264. The van der Waals surface area contributed by atoms with Crippen LogP contribution in [0.1, 0.15) is 17.3 Å². The van der Waals surface area contributed by atoms with Gasteiger partial charge in [-0.05, 0) is 25.1 Å². The van der Waals surface area contributed by atoms with Gasteiger partial charge in [0.05, 0.1) is 5.56 Å². The molecule has 0 spiro atoms. The monoisotopic (exact) mass is 294 g/mol. The Bertz CT molecular complexity index is 542. The van der Waals surface area contributed by atoms with Gasteiger partial charge in [0.2, 0.25) is 0 Å². The molecule has 1 aliphatic heterocycles. The lowest BCUT2D eigenvalue weighted by molar-refractivity contribution is 0.0661. The number of urea groups is 1. The molecule has 0 aromatic heterocycles. The molecule has 6 nitrogen and oxygen atoms in total. The molecule has 21 heavy (non-hydrogen) atoms. The first-order valence-electron chi connectivity index (χ1n) is 6.90. The molecule has 2 rings (SSSR count). The fourth-order valence-corrected chi connectivity index (χ4v) is 2.25. The Morgan fingerprint density at radius 2 is 1.86 bits per heavy atom. The van der Waals surface area contributed by atoms with Crippen molar-refractivity contribution >= 4 is 17.6 Å². The second-order valence-corrected chi connectivity index (χ2v) is 4.85. The van der Waals surface area contributed by atoms with Gasteiger partial charge in [-0.25, -0.2) is 9.18 Å². The molecule has 3 N–H and O–H groups in total. The number of piperazine rings is 1. The average molecular weight is 294 g/mol. The Morgan fingerprint density at radius 1 is 1.24 bits per heavy atom. The number of nitrogens with two attached hydrogens (primary N) is 1. The van der Waals surface area contributed by atoms with Gasteiger partial charge in [0.15, 0.2) is 0 Å². The van der Waals surface area contributed by atoms with Crippen LogP contribution in [0.2, 0.25) is 0 Å². The topological polar surface area (TPSA) is 78.7 Å². The third-order valence-corrected chi connectivity index (χ3v) is 3.40. The van der Waals surface area contributed by atoms with Crippen molar-refractivity contribution in [2.45, 2.75) is 6.92 Å². The highest BCUT2D eigenvalue weighted by atomic mass is 19.1. The van der Waals surface area contributed by atoms with Crippen molar-refractivity contribution in [2.24, 2.45) is 0 Å². The minimum atomic E-state index is -0.583. The molecule has 0 aliphatic carbocycles. The molecule has 1 aromatic rings. The third kappa shape index (κ3) is 3.42. The molecule has 1 saturated heterocycles. The van der Waals surface area contributed by atoms with Crippen LogP contribution >= 0.6 is 0 Å². The number of nitrogen functional groups attached to an aromatic ring is 1. The highest BCUT2D eigenvalue weighted by Crippen LogP contribution is 2.15. The summed E-state index contributed by atoms with van der Waals surface area (Å²) < 4.78 is 13.7. The van der Waals surface area contributed by atoms with Crippen molar-refractivity contribution in [1.29, 1.82) is 0 Å². The summed E-state index contributed by atoms with van der Waals surface area (Å²) >= 11 is 0. The Hall–Kier alpha value is -2.31. The summed E-state index contributed by atoms with van der Waals surface area (Å²) in [5, 5.41) is 2.71. The van der Waals surface area contributed by atoms with E-state index >= 15 is 0 Å². The number of benzene rings is 1. The van der Waals surface area contributed by atoms with Gasteiger partial charge in [-0.3, -0.25) is 4.79 Å². The Morgan fingerprint density at radius 3 is 2.48 bits per heavy atom. The largest absolute Gasteiger partial charge is 0.399 e. The van der Waals surface area contributed by atoms with E-state index in [1.165, 1.54) is 23.1 Å². The molecule has 1 fully saturated rings. The minimum Gasteiger partial charge on any atom is -0.399 e. The molecule has 0 radical (unpaired) electrons. The molecule has 1 heterocycles. The van der Waals surface area contributed by atoms with E-state index in [2.05, 4.69) is 5.32 Å². The fraction of sp³-hybridized carbons (Fsp3) is 0.429. The highest BCUT2D eigenvalue weighted by molar-refractivity contribution is 5.95. The standard InChI is InChI=1S/C14H19FN4O2/c1-2-17-14(21)19-7-5-18(6-8-19)13(20)11-9-10(16)3-4-12(11)15/h3-4,9H,2,5-8,16H2,1H3,(H,17,21). The first-order valence-corrected chi connectivity index (χ1v) is 6.90. The normalized spacial score (nSPS) is 15.0. The van der Waals surface area contributed by atoms with E-state index in [-0.39, 0.29) is 11.6 Å². The predicted molar refractivity (Wildman–Crippen MR) is 77.4 cm³/mol. The Labute approximate surface area is 122 Å². The Balaban J connectivity index is 2.00. The van der Waals surface area contributed by atoms with Crippen LogP contribution in [0.3, 0.4) is 0 Å². The molecule has 3 amide bonds. The van der Waals surface area contributed by atoms with E-state index in [1.807, 2.05) is 6.92 Å². The van der Waals surface area contributed by atoms with E-state index in [9.17, 15) is 14.0 Å². The summed E-state index contributed by atoms with van der Waals surface area (Å²) in [4.78, 5) is 27.1. The van der Waals surface area contributed by atoms with Gasteiger partial charge in [-0.1, -0.05) is 0 Å². The number of carbonyl (C=O) groups is 2. The molecular weight excluding hydrogens is 275 g/mol. The summed E-state index contributed by atoms with van der Waals surface area (Å²) in [5.41, 5.74) is 5.91. The van der Waals surface area contributed by atoms with Gasteiger partial charge in [-0.15, -0.1) is 0 Å². The fourth-order valence-electron chi connectivity index (χ4n) is 2.25. The van der Waals surface area contributed by atoms with Crippen molar-refractivity contribution in [2.75, 3.05) is 38.5 Å². The maximum absolute atomic E-state index is 13.7. The maximum Gasteiger partial charge on any atom is 0.317 e. The van der Waals surface area contributed by atoms with E-state index in [0.717, 1.165) is 0 Å². The first kappa shape index (κ1) is 15.1. The lowest BCUT2D eigenvalue weighted by atomic mass is 10.1. The number of hydrogen-bond donors (Lipinski definition) is 2. The molecule has 0 saturated carbocycles. The number of halogens is 1. The molecular formula is C14H19FN4O2. The third-order valence-electron chi connectivity index (χ3n) is 3.40. The summed E-state index contributed by atoms with van der Waals surface area (Å²) in [5.74, 6) is -0.976. The summed E-state index contributed by atoms with van der Waals surface area (Å²) in [6.45, 7) is 4.03. The zero-order chi connectivity index (χ0) is 15.4. The van der Waals surface area contributed by atoms with E-state index in [1.54, 1.807) is 4.90 Å². The van der Waals surface area contributed by atoms with Crippen molar-refractivity contribution in [3.05, 3.63) is 29.6 Å². The molecule has 7 heteroatoms. The molecule has 0 unspecified atom stereocenters. The van der Waals surface area contributed by atoms with Crippen molar-refractivity contribution in [3.63, 3.8) is 0 Å². The second-order valence-electron chi connectivity index (χ2n) is 4.85. The zero-order valence-corrected chi connectivity index (χ0v) is 11.9. The van der Waals surface area contributed by atoms with Crippen LogP contribution in [0, 0.1) is 5.82 Å². The zero-order valence-electron chi connectivity index (χ0n) is 11.9. The smallest absolute Gasteiger partial charge is 0.317 e. The molecule has 0 atom stereocenters. The van der Waals surface area contributed by atoms with Crippen molar-refractivity contribution < 1.29 is 14.0 Å². The van der Waals surface area contributed by atoms with Crippen LogP contribution in [0.4, 0.5) is 14.9 Å². The predicted octanol–water partition coefficient (Wildman–Crippen LogP) is 0.895.